The summed E-state index contributed by atoms with van der Waals surface area (Å²) in [6.45, 7) is 6.19. The predicted molar refractivity (Wildman–Crippen MR) is 86.1 cm³/mol. The van der Waals surface area contributed by atoms with Gasteiger partial charge in [0.15, 0.2) is 0 Å². The van der Waals surface area contributed by atoms with Gasteiger partial charge in [0, 0.05) is 37.8 Å². The summed E-state index contributed by atoms with van der Waals surface area (Å²) >= 11 is 0. The Morgan fingerprint density at radius 3 is 2.64 bits per heavy atom. The molecule has 1 aliphatic heterocycles. The van der Waals surface area contributed by atoms with Crippen molar-refractivity contribution in [3.8, 4) is 0 Å². The summed E-state index contributed by atoms with van der Waals surface area (Å²) in [5.74, 6) is 0.0828. The van der Waals surface area contributed by atoms with E-state index in [-0.39, 0.29) is 24.2 Å². The number of benzene rings is 1. The number of nitrogens with one attached hydrogen (secondary N) is 2. The minimum absolute atomic E-state index is 0.0229. The number of amides is 1. The molecular weight excluding hydrogens is 302 g/mol. The van der Waals surface area contributed by atoms with Crippen LogP contribution in [0, 0.1) is 0 Å². The van der Waals surface area contributed by atoms with E-state index < -0.39 is 10.0 Å². The highest BCUT2D eigenvalue weighted by Gasteiger charge is 2.23. The van der Waals surface area contributed by atoms with Crippen LogP contribution in [0.1, 0.15) is 29.8 Å². The van der Waals surface area contributed by atoms with E-state index >= 15 is 0 Å². The lowest BCUT2D eigenvalue weighted by Gasteiger charge is -2.34. The first-order valence-corrected chi connectivity index (χ1v) is 9.16. The summed E-state index contributed by atoms with van der Waals surface area (Å²) in [6.07, 6.45) is 0. The number of carbonyl (C=O) groups excluding carboxylic acids is 1. The fourth-order valence-electron chi connectivity index (χ4n) is 2.37. The third-order valence-corrected chi connectivity index (χ3v) is 5.18. The van der Waals surface area contributed by atoms with Crippen molar-refractivity contribution < 1.29 is 13.2 Å². The molecule has 2 N–H and O–H groups in total. The van der Waals surface area contributed by atoms with Crippen LogP contribution in [0.15, 0.2) is 24.3 Å². The monoisotopic (exact) mass is 325 g/mol. The Bertz CT molecular complexity index is 613. The smallest absolute Gasteiger partial charge is 0.254 e. The lowest BCUT2D eigenvalue weighted by Crippen LogP contribution is -2.52. The largest absolute Gasteiger partial charge is 0.333 e. The highest BCUT2D eigenvalue weighted by atomic mass is 32.2. The van der Waals surface area contributed by atoms with Gasteiger partial charge in [0.25, 0.3) is 5.91 Å². The molecule has 7 heteroatoms. The van der Waals surface area contributed by atoms with Crippen LogP contribution >= 0.6 is 0 Å². The summed E-state index contributed by atoms with van der Waals surface area (Å²) in [6, 6.07) is 7.27. The maximum Gasteiger partial charge on any atom is 0.254 e. The van der Waals surface area contributed by atoms with Gasteiger partial charge in [0.1, 0.15) is 0 Å². The standard InChI is InChI=1S/C15H23N3O3S/c1-3-22(20,21)17-11-13-4-6-14(7-5-13)15(19)18-9-8-16-10-12(18)2/h4-7,12,16-17H,3,8-11H2,1-2H3/t12-/m0/s1. The number of sulfonamides is 1. The van der Waals surface area contributed by atoms with Gasteiger partial charge in [-0.1, -0.05) is 12.1 Å². The van der Waals surface area contributed by atoms with E-state index in [1.165, 1.54) is 0 Å². The molecule has 2 rings (SSSR count). The van der Waals surface area contributed by atoms with Crippen LogP contribution in [0.3, 0.4) is 0 Å². The first kappa shape index (κ1) is 16.9. The van der Waals surface area contributed by atoms with Gasteiger partial charge < -0.3 is 10.2 Å². The Morgan fingerprint density at radius 1 is 1.36 bits per heavy atom. The van der Waals surface area contributed by atoms with Gasteiger partial charge in [-0.05, 0) is 31.5 Å². The van der Waals surface area contributed by atoms with Crippen LogP contribution in [-0.2, 0) is 16.6 Å². The number of hydrogen-bond donors (Lipinski definition) is 2. The normalized spacial score (nSPS) is 19.2. The Hall–Kier alpha value is -1.44. The van der Waals surface area contributed by atoms with Crippen LogP contribution in [0.4, 0.5) is 0 Å². The molecule has 0 aliphatic carbocycles. The SMILES string of the molecule is CCS(=O)(=O)NCc1ccc(C(=O)N2CCNC[C@@H]2C)cc1. The number of hydrogen-bond acceptors (Lipinski definition) is 4. The molecule has 0 radical (unpaired) electrons. The number of carbonyl (C=O) groups is 1. The summed E-state index contributed by atoms with van der Waals surface area (Å²) in [5.41, 5.74) is 1.47. The van der Waals surface area contributed by atoms with E-state index in [4.69, 9.17) is 0 Å². The van der Waals surface area contributed by atoms with Gasteiger partial charge in [-0.2, -0.15) is 0 Å². The van der Waals surface area contributed by atoms with Crippen molar-refractivity contribution in [1.29, 1.82) is 0 Å². The van der Waals surface area contributed by atoms with Crippen LogP contribution in [0.2, 0.25) is 0 Å². The van der Waals surface area contributed by atoms with Crippen LogP contribution < -0.4 is 10.0 Å². The molecule has 1 heterocycles. The highest BCUT2D eigenvalue weighted by Crippen LogP contribution is 2.12. The third kappa shape index (κ3) is 4.28. The fraction of sp³-hybridized carbons (Fsp3) is 0.533. The van der Waals surface area contributed by atoms with Crippen LogP contribution in [0.5, 0.6) is 0 Å². The van der Waals surface area contributed by atoms with E-state index in [0.29, 0.717) is 12.1 Å². The first-order valence-electron chi connectivity index (χ1n) is 7.51. The van der Waals surface area contributed by atoms with Gasteiger partial charge in [-0.15, -0.1) is 0 Å². The predicted octanol–water partition coefficient (Wildman–Crippen LogP) is 0.560. The maximum atomic E-state index is 12.5. The lowest BCUT2D eigenvalue weighted by molar-refractivity contribution is 0.0655. The van der Waals surface area contributed by atoms with Gasteiger partial charge in [0.2, 0.25) is 10.0 Å². The summed E-state index contributed by atoms with van der Waals surface area (Å²) in [4.78, 5) is 14.3. The second-order valence-corrected chi connectivity index (χ2v) is 7.57. The van der Waals surface area contributed by atoms with Crippen molar-refractivity contribution in [2.45, 2.75) is 26.4 Å². The molecule has 1 saturated heterocycles. The van der Waals surface area contributed by atoms with Crippen LogP contribution in [0.25, 0.3) is 0 Å². The Kier molecular flexibility index (Phi) is 5.55. The Labute approximate surface area is 131 Å². The second-order valence-electron chi connectivity index (χ2n) is 5.47. The van der Waals surface area contributed by atoms with Crippen molar-refractivity contribution >= 4 is 15.9 Å². The van der Waals surface area contributed by atoms with Gasteiger partial charge in [0.05, 0.1) is 5.75 Å². The number of piperazine rings is 1. The molecule has 1 aromatic carbocycles. The molecule has 1 aliphatic rings. The van der Waals surface area contributed by atoms with Gasteiger partial charge in [-0.3, -0.25) is 4.79 Å². The molecule has 22 heavy (non-hydrogen) atoms. The summed E-state index contributed by atoms with van der Waals surface area (Å²) in [7, 11) is -3.20. The molecule has 0 unspecified atom stereocenters. The molecule has 1 aromatic rings. The van der Waals surface area contributed by atoms with Crippen molar-refractivity contribution in [2.75, 3.05) is 25.4 Å². The van der Waals surface area contributed by atoms with E-state index in [9.17, 15) is 13.2 Å². The molecule has 122 valence electrons. The fourth-order valence-corrected chi connectivity index (χ4v) is 2.96. The molecular formula is C15H23N3O3S. The van der Waals surface area contributed by atoms with E-state index in [2.05, 4.69) is 10.0 Å². The van der Waals surface area contributed by atoms with E-state index in [0.717, 1.165) is 18.7 Å². The van der Waals surface area contributed by atoms with Crippen molar-refractivity contribution in [3.63, 3.8) is 0 Å². The minimum atomic E-state index is -3.20. The van der Waals surface area contributed by atoms with Crippen molar-refractivity contribution in [2.24, 2.45) is 0 Å². The Balaban J connectivity index is 2.00. The van der Waals surface area contributed by atoms with E-state index in [1.807, 2.05) is 11.8 Å². The molecule has 0 bridgehead atoms. The van der Waals surface area contributed by atoms with Crippen molar-refractivity contribution in [3.05, 3.63) is 35.4 Å². The molecule has 0 saturated carbocycles. The minimum Gasteiger partial charge on any atom is -0.333 e. The average molecular weight is 325 g/mol. The maximum absolute atomic E-state index is 12.5. The molecule has 1 fully saturated rings. The van der Waals surface area contributed by atoms with E-state index in [1.54, 1.807) is 31.2 Å². The van der Waals surface area contributed by atoms with Gasteiger partial charge >= 0.3 is 0 Å². The highest BCUT2D eigenvalue weighted by molar-refractivity contribution is 7.89. The molecule has 1 amide bonds. The zero-order valence-corrected chi connectivity index (χ0v) is 13.8. The third-order valence-electron chi connectivity index (χ3n) is 3.84. The summed E-state index contributed by atoms with van der Waals surface area (Å²) < 4.78 is 25.3. The quantitative estimate of drug-likeness (QED) is 0.829. The molecule has 0 aromatic heterocycles. The zero-order chi connectivity index (χ0) is 16.2. The lowest BCUT2D eigenvalue weighted by atomic mass is 10.1. The van der Waals surface area contributed by atoms with Gasteiger partial charge in [-0.25, -0.2) is 13.1 Å². The average Bonchev–Trinajstić information content (AvgIpc) is 2.53. The Morgan fingerprint density at radius 2 is 2.05 bits per heavy atom. The molecule has 0 spiro atoms. The van der Waals surface area contributed by atoms with Crippen LogP contribution in [-0.4, -0.2) is 50.7 Å². The molecule has 1 atom stereocenters. The topological polar surface area (TPSA) is 78.5 Å². The van der Waals surface area contributed by atoms with Crippen molar-refractivity contribution in [1.82, 2.24) is 14.9 Å². The second kappa shape index (κ2) is 7.21. The number of rotatable bonds is 5. The number of nitrogens with zero attached hydrogens (tertiary/aromatic N) is 1. The summed E-state index contributed by atoms with van der Waals surface area (Å²) in [5, 5.41) is 3.26. The molecule has 6 nitrogen and oxygen atoms in total. The first-order chi connectivity index (χ1) is 10.4. The zero-order valence-electron chi connectivity index (χ0n) is 13.0.